The topological polar surface area (TPSA) is 47.7 Å². The number of rotatable bonds is 6. The van der Waals surface area contributed by atoms with Crippen molar-refractivity contribution in [3.8, 4) is 11.5 Å². The van der Waals surface area contributed by atoms with Crippen LogP contribution in [0.25, 0.3) is 0 Å². The van der Waals surface area contributed by atoms with Crippen LogP contribution in [0.3, 0.4) is 0 Å². The van der Waals surface area contributed by atoms with Gasteiger partial charge in [-0.2, -0.15) is 0 Å². The van der Waals surface area contributed by atoms with Crippen molar-refractivity contribution in [1.29, 1.82) is 0 Å². The maximum atomic E-state index is 5.82. The van der Waals surface area contributed by atoms with Gasteiger partial charge in [0.05, 0.1) is 19.4 Å². The van der Waals surface area contributed by atoms with Gasteiger partial charge in [-0.15, -0.1) is 0 Å². The summed E-state index contributed by atoms with van der Waals surface area (Å²) in [4.78, 5) is 2.13. The molecule has 16 heavy (non-hydrogen) atoms. The summed E-state index contributed by atoms with van der Waals surface area (Å²) in [6.45, 7) is 1.69. The number of nitrogens with zero attached hydrogens (tertiary/aromatic N) is 1. The highest BCUT2D eigenvalue weighted by atomic mass is 16.5. The Morgan fingerprint density at radius 3 is 2.62 bits per heavy atom. The SMILES string of the molecule is COc1ccc(OCCCN(C)C)c(N)c1. The molecular weight excluding hydrogens is 204 g/mol. The van der Waals surface area contributed by atoms with Gasteiger partial charge in [-0.1, -0.05) is 0 Å². The molecule has 0 aliphatic heterocycles. The van der Waals surface area contributed by atoms with Gasteiger partial charge in [0.2, 0.25) is 0 Å². The van der Waals surface area contributed by atoms with Crippen LogP contribution < -0.4 is 15.2 Å². The highest BCUT2D eigenvalue weighted by molar-refractivity contribution is 5.56. The summed E-state index contributed by atoms with van der Waals surface area (Å²) in [7, 11) is 5.70. The van der Waals surface area contributed by atoms with E-state index in [1.807, 2.05) is 26.2 Å². The van der Waals surface area contributed by atoms with Gasteiger partial charge < -0.3 is 20.1 Å². The number of nitrogen functional groups attached to an aromatic ring is 1. The van der Waals surface area contributed by atoms with Crippen LogP contribution in [0, 0.1) is 0 Å². The Labute approximate surface area is 96.9 Å². The molecule has 0 saturated carbocycles. The van der Waals surface area contributed by atoms with E-state index in [9.17, 15) is 0 Å². The molecule has 0 spiro atoms. The van der Waals surface area contributed by atoms with Gasteiger partial charge in [0.1, 0.15) is 11.5 Å². The molecular formula is C12H20N2O2. The van der Waals surface area contributed by atoms with Gasteiger partial charge in [0, 0.05) is 12.6 Å². The van der Waals surface area contributed by atoms with E-state index in [-0.39, 0.29) is 0 Å². The Bertz CT molecular complexity index is 327. The first kappa shape index (κ1) is 12.6. The van der Waals surface area contributed by atoms with Gasteiger partial charge in [0.15, 0.2) is 0 Å². The quantitative estimate of drug-likeness (QED) is 0.589. The number of ether oxygens (including phenoxy) is 2. The lowest BCUT2D eigenvalue weighted by molar-refractivity contribution is 0.282. The number of nitrogens with two attached hydrogens (primary N) is 1. The summed E-state index contributed by atoms with van der Waals surface area (Å²) in [5.41, 5.74) is 6.44. The van der Waals surface area contributed by atoms with Crippen molar-refractivity contribution in [3.05, 3.63) is 18.2 Å². The lowest BCUT2D eigenvalue weighted by Crippen LogP contribution is -2.15. The molecule has 4 nitrogen and oxygen atoms in total. The molecule has 1 aromatic carbocycles. The molecule has 0 unspecified atom stereocenters. The number of methoxy groups -OCH3 is 1. The minimum atomic E-state index is 0.615. The largest absolute Gasteiger partial charge is 0.497 e. The third-order valence-corrected chi connectivity index (χ3v) is 2.22. The molecule has 0 radical (unpaired) electrons. The Balaban J connectivity index is 2.42. The molecule has 0 aliphatic rings. The van der Waals surface area contributed by atoms with E-state index in [0.717, 1.165) is 24.5 Å². The van der Waals surface area contributed by atoms with E-state index in [2.05, 4.69) is 4.90 Å². The minimum absolute atomic E-state index is 0.615. The molecule has 90 valence electrons. The van der Waals surface area contributed by atoms with E-state index in [1.165, 1.54) is 0 Å². The lowest BCUT2D eigenvalue weighted by Gasteiger charge is -2.12. The predicted octanol–water partition coefficient (Wildman–Crippen LogP) is 1.61. The second kappa shape index (κ2) is 6.23. The molecule has 1 rings (SSSR count). The van der Waals surface area contributed by atoms with Crippen LogP contribution in [0.2, 0.25) is 0 Å². The Morgan fingerprint density at radius 1 is 1.31 bits per heavy atom. The van der Waals surface area contributed by atoms with E-state index in [4.69, 9.17) is 15.2 Å². The van der Waals surface area contributed by atoms with Crippen LogP contribution in [-0.2, 0) is 0 Å². The van der Waals surface area contributed by atoms with Crippen LogP contribution in [-0.4, -0.2) is 39.3 Å². The van der Waals surface area contributed by atoms with Crippen LogP contribution in [0.4, 0.5) is 5.69 Å². The first-order valence-corrected chi connectivity index (χ1v) is 5.34. The molecule has 0 heterocycles. The average molecular weight is 224 g/mol. The Morgan fingerprint density at radius 2 is 2.06 bits per heavy atom. The summed E-state index contributed by atoms with van der Waals surface area (Å²) < 4.78 is 10.6. The lowest BCUT2D eigenvalue weighted by atomic mass is 10.3. The molecule has 0 aromatic heterocycles. The van der Waals surface area contributed by atoms with Crippen molar-refractivity contribution in [1.82, 2.24) is 4.90 Å². The van der Waals surface area contributed by atoms with E-state index in [1.54, 1.807) is 13.2 Å². The van der Waals surface area contributed by atoms with Crippen molar-refractivity contribution < 1.29 is 9.47 Å². The van der Waals surface area contributed by atoms with Crippen LogP contribution in [0.15, 0.2) is 18.2 Å². The Kier molecular flexibility index (Phi) is 4.92. The van der Waals surface area contributed by atoms with E-state index >= 15 is 0 Å². The fourth-order valence-electron chi connectivity index (χ4n) is 1.35. The summed E-state index contributed by atoms with van der Waals surface area (Å²) in [6, 6.07) is 5.45. The Hall–Kier alpha value is -1.42. The van der Waals surface area contributed by atoms with Gasteiger partial charge in [0.25, 0.3) is 0 Å². The van der Waals surface area contributed by atoms with E-state index < -0.39 is 0 Å². The van der Waals surface area contributed by atoms with Gasteiger partial charge >= 0.3 is 0 Å². The first-order chi connectivity index (χ1) is 7.63. The van der Waals surface area contributed by atoms with Crippen molar-refractivity contribution in [2.75, 3.05) is 40.1 Å². The molecule has 0 bridgehead atoms. The normalized spacial score (nSPS) is 10.5. The zero-order chi connectivity index (χ0) is 12.0. The van der Waals surface area contributed by atoms with E-state index in [0.29, 0.717) is 12.3 Å². The number of hydrogen-bond acceptors (Lipinski definition) is 4. The molecule has 0 atom stereocenters. The second-order valence-corrected chi connectivity index (χ2v) is 3.91. The third kappa shape index (κ3) is 3.98. The smallest absolute Gasteiger partial charge is 0.142 e. The van der Waals surface area contributed by atoms with Crippen LogP contribution >= 0.6 is 0 Å². The van der Waals surface area contributed by atoms with Crippen molar-refractivity contribution in [2.45, 2.75) is 6.42 Å². The molecule has 0 saturated heterocycles. The van der Waals surface area contributed by atoms with Crippen LogP contribution in [0.1, 0.15) is 6.42 Å². The van der Waals surface area contributed by atoms with Gasteiger partial charge in [-0.25, -0.2) is 0 Å². The molecule has 0 amide bonds. The van der Waals surface area contributed by atoms with Crippen molar-refractivity contribution in [2.24, 2.45) is 0 Å². The van der Waals surface area contributed by atoms with Crippen LogP contribution in [0.5, 0.6) is 11.5 Å². The zero-order valence-electron chi connectivity index (χ0n) is 10.2. The minimum Gasteiger partial charge on any atom is -0.497 e. The molecule has 0 aliphatic carbocycles. The average Bonchev–Trinajstić information content (AvgIpc) is 2.25. The predicted molar refractivity (Wildman–Crippen MR) is 66.1 cm³/mol. The highest BCUT2D eigenvalue weighted by Crippen LogP contribution is 2.26. The monoisotopic (exact) mass is 224 g/mol. The summed E-state index contributed by atoms with van der Waals surface area (Å²) in [6.07, 6.45) is 0.985. The summed E-state index contributed by atoms with van der Waals surface area (Å²) in [5.74, 6) is 1.47. The fraction of sp³-hybridized carbons (Fsp3) is 0.500. The fourth-order valence-corrected chi connectivity index (χ4v) is 1.35. The first-order valence-electron chi connectivity index (χ1n) is 5.34. The molecule has 0 fully saturated rings. The van der Waals surface area contributed by atoms with Crippen molar-refractivity contribution >= 4 is 5.69 Å². The van der Waals surface area contributed by atoms with Gasteiger partial charge in [-0.3, -0.25) is 0 Å². The number of anilines is 1. The standard InChI is InChI=1S/C12H20N2O2/c1-14(2)7-4-8-16-12-6-5-10(15-3)9-11(12)13/h5-6,9H,4,7-8,13H2,1-3H3. The third-order valence-electron chi connectivity index (χ3n) is 2.22. The zero-order valence-corrected chi connectivity index (χ0v) is 10.2. The maximum Gasteiger partial charge on any atom is 0.142 e. The maximum absolute atomic E-state index is 5.82. The second-order valence-electron chi connectivity index (χ2n) is 3.91. The molecule has 4 heteroatoms. The molecule has 1 aromatic rings. The summed E-state index contributed by atoms with van der Waals surface area (Å²) in [5, 5.41) is 0. The van der Waals surface area contributed by atoms with Crippen molar-refractivity contribution in [3.63, 3.8) is 0 Å². The van der Waals surface area contributed by atoms with Gasteiger partial charge in [-0.05, 0) is 32.6 Å². The number of hydrogen-bond donors (Lipinski definition) is 1. The number of benzene rings is 1. The molecule has 2 N–H and O–H groups in total. The highest BCUT2D eigenvalue weighted by Gasteiger charge is 2.02. The summed E-state index contributed by atoms with van der Waals surface area (Å²) >= 11 is 0.